The van der Waals surface area contributed by atoms with E-state index in [1.54, 1.807) is 5.38 Å². The minimum atomic E-state index is -4.50. The first-order valence-electron chi connectivity index (χ1n) is 5.87. The maximum atomic E-state index is 12.0. The van der Waals surface area contributed by atoms with Crippen molar-refractivity contribution in [1.29, 1.82) is 0 Å². The number of carbonyl (C=O) groups excluding carboxylic acids is 1. The first-order chi connectivity index (χ1) is 8.81. The minimum absolute atomic E-state index is 0.00414. The number of hydrogen-bond donors (Lipinski definition) is 2. The Hall–Kier alpha value is -1.15. The number of amides is 1. The van der Waals surface area contributed by atoms with Crippen LogP contribution in [0.25, 0.3) is 0 Å². The van der Waals surface area contributed by atoms with Crippen LogP contribution >= 0.6 is 11.3 Å². The monoisotopic (exact) mass is 295 g/mol. The lowest BCUT2D eigenvalue weighted by molar-refractivity contribution is -0.150. The fourth-order valence-corrected chi connectivity index (χ4v) is 2.17. The fraction of sp³-hybridized carbons (Fsp3) is 0.636. The molecule has 0 saturated heterocycles. The van der Waals surface area contributed by atoms with E-state index in [-0.39, 0.29) is 11.2 Å². The zero-order chi connectivity index (χ0) is 14.5. The highest BCUT2D eigenvalue weighted by molar-refractivity contribution is 7.13. The van der Waals surface area contributed by atoms with E-state index >= 15 is 0 Å². The second-order valence-corrected chi connectivity index (χ2v) is 4.95. The van der Waals surface area contributed by atoms with E-state index in [4.69, 9.17) is 0 Å². The summed E-state index contributed by atoms with van der Waals surface area (Å²) in [6, 6.07) is 0.00414. The molecule has 0 fully saturated rings. The summed E-state index contributed by atoms with van der Waals surface area (Å²) in [6.45, 7) is 4.77. The van der Waals surface area contributed by atoms with E-state index in [2.05, 4.69) is 15.6 Å². The van der Waals surface area contributed by atoms with Crippen molar-refractivity contribution in [3.63, 3.8) is 0 Å². The molecule has 4 nitrogen and oxygen atoms in total. The van der Waals surface area contributed by atoms with Gasteiger partial charge >= 0.3 is 6.18 Å². The standard InChI is InChI=1S/C11H16F3N3OS/c1-3-4-15-7(2)8-6-19-10(16-8)17-9(18)5-11(12,13)14/h6-7,15H,3-5H2,1-2H3,(H,16,17,18). The quantitative estimate of drug-likeness (QED) is 0.848. The topological polar surface area (TPSA) is 54.0 Å². The van der Waals surface area contributed by atoms with Crippen LogP contribution in [-0.2, 0) is 4.79 Å². The molecule has 1 aromatic rings. The number of anilines is 1. The van der Waals surface area contributed by atoms with Gasteiger partial charge in [-0.3, -0.25) is 4.79 Å². The summed E-state index contributed by atoms with van der Waals surface area (Å²) in [6.07, 6.45) is -5.02. The summed E-state index contributed by atoms with van der Waals surface area (Å²) in [5, 5.41) is 7.26. The smallest absolute Gasteiger partial charge is 0.309 e. The molecule has 0 spiro atoms. The fourth-order valence-electron chi connectivity index (χ4n) is 1.35. The summed E-state index contributed by atoms with van der Waals surface area (Å²) in [7, 11) is 0. The first kappa shape index (κ1) is 15.9. The van der Waals surface area contributed by atoms with E-state index in [1.807, 2.05) is 13.8 Å². The number of rotatable bonds is 6. The third-order valence-corrected chi connectivity index (χ3v) is 3.05. The average molecular weight is 295 g/mol. The highest BCUT2D eigenvalue weighted by Crippen LogP contribution is 2.23. The van der Waals surface area contributed by atoms with Gasteiger partial charge in [-0.15, -0.1) is 11.3 Å². The number of nitrogens with one attached hydrogen (secondary N) is 2. The van der Waals surface area contributed by atoms with Crippen LogP contribution in [0.1, 0.15) is 38.4 Å². The van der Waals surface area contributed by atoms with E-state index in [0.717, 1.165) is 24.3 Å². The second-order valence-electron chi connectivity index (χ2n) is 4.09. The number of alkyl halides is 3. The molecule has 108 valence electrons. The number of halogens is 3. The molecule has 8 heteroatoms. The van der Waals surface area contributed by atoms with Crippen molar-refractivity contribution >= 4 is 22.4 Å². The highest BCUT2D eigenvalue weighted by atomic mass is 32.1. The van der Waals surface area contributed by atoms with Gasteiger partial charge in [0.1, 0.15) is 6.42 Å². The maximum Gasteiger partial charge on any atom is 0.397 e. The van der Waals surface area contributed by atoms with Gasteiger partial charge in [0, 0.05) is 11.4 Å². The van der Waals surface area contributed by atoms with E-state index in [0.29, 0.717) is 5.69 Å². The van der Waals surface area contributed by atoms with Gasteiger partial charge in [-0.2, -0.15) is 13.2 Å². The van der Waals surface area contributed by atoms with Crippen LogP contribution in [-0.4, -0.2) is 23.6 Å². The van der Waals surface area contributed by atoms with Crippen LogP contribution in [0.2, 0.25) is 0 Å². The molecule has 0 saturated carbocycles. The molecule has 1 rings (SSSR count). The van der Waals surface area contributed by atoms with E-state index in [1.165, 1.54) is 0 Å². The third kappa shape index (κ3) is 6.02. The molecule has 1 unspecified atom stereocenters. The Morgan fingerprint density at radius 1 is 1.53 bits per heavy atom. The van der Waals surface area contributed by atoms with Crippen LogP contribution in [0, 0.1) is 0 Å². The largest absolute Gasteiger partial charge is 0.397 e. The predicted molar refractivity (Wildman–Crippen MR) is 68.1 cm³/mol. The predicted octanol–water partition coefficient (Wildman–Crippen LogP) is 3.09. The Labute approximate surface area is 113 Å². The van der Waals surface area contributed by atoms with Gasteiger partial charge in [-0.25, -0.2) is 4.98 Å². The number of hydrogen-bond acceptors (Lipinski definition) is 4. The zero-order valence-electron chi connectivity index (χ0n) is 10.7. The minimum Gasteiger partial charge on any atom is -0.309 e. The number of nitrogens with zero attached hydrogens (tertiary/aromatic N) is 1. The van der Waals surface area contributed by atoms with Gasteiger partial charge in [0.05, 0.1) is 5.69 Å². The van der Waals surface area contributed by atoms with Crippen molar-refractivity contribution in [3.8, 4) is 0 Å². The molecule has 0 aromatic carbocycles. The molecular formula is C11H16F3N3OS. The molecule has 0 radical (unpaired) electrons. The van der Waals surface area contributed by atoms with Crippen molar-refractivity contribution < 1.29 is 18.0 Å². The SMILES string of the molecule is CCCNC(C)c1csc(NC(=O)CC(F)(F)F)n1. The van der Waals surface area contributed by atoms with Crippen molar-refractivity contribution in [2.24, 2.45) is 0 Å². The molecule has 2 N–H and O–H groups in total. The molecule has 1 amide bonds. The Balaban J connectivity index is 2.53. The lowest BCUT2D eigenvalue weighted by Crippen LogP contribution is -2.21. The molecule has 0 aliphatic carbocycles. The molecule has 19 heavy (non-hydrogen) atoms. The van der Waals surface area contributed by atoms with Crippen LogP contribution in [0.4, 0.5) is 18.3 Å². The first-order valence-corrected chi connectivity index (χ1v) is 6.75. The Morgan fingerprint density at radius 3 is 2.79 bits per heavy atom. The van der Waals surface area contributed by atoms with E-state index < -0.39 is 18.5 Å². The number of thiazole rings is 1. The highest BCUT2D eigenvalue weighted by Gasteiger charge is 2.31. The molecular weight excluding hydrogens is 279 g/mol. The third-order valence-electron chi connectivity index (χ3n) is 2.27. The summed E-state index contributed by atoms with van der Waals surface area (Å²) in [5.41, 5.74) is 0.709. The molecule has 1 heterocycles. The van der Waals surface area contributed by atoms with Gasteiger partial charge in [-0.05, 0) is 19.9 Å². The van der Waals surface area contributed by atoms with Gasteiger partial charge in [-0.1, -0.05) is 6.92 Å². The van der Waals surface area contributed by atoms with Crippen molar-refractivity contribution in [2.75, 3.05) is 11.9 Å². The Morgan fingerprint density at radius 2 is 2.21 bits per heavy atom. The normalized spacial score (nSPS) is 13.3. The number of aromatic nitrogens is 1. The lowest BCUT2D eigenvalue weighted by atomic mass is 10.2. The number of carbonyl (C=O) groups is 1. The summed E-state index contributed by atoms with van der Waals surface area (Å²) < 4.78 is 36.0. The van der Waals surface area contributed by atoms with Crippen LogP contribution in [0.5, 0.6) is 0 Å². The summed E-state index contributed by atoms with van der Waals surface area (Å²) in [4.78, 5) is 15.2. The van der Waals surface area contributed by atoms with Gasteiger partial charge in [0.15, 0.2) is 5.13 Å². The van der Waals surface area contributed by atoms with Gasteiger partial charge < -0.3 is 10.6 Å². The molecule has 0 bridgehead atoms. The van der Waals surface area contributed by atoms with Crippen LogP contribution < -0.4 is 10.6 Å². The van der Waals surface area contributed by atoms with Crippen LogP contribution in [0.15, 0.2) is 5.38 Å². The lowest BCUT2D eigenvalue weighted by Gasteiger charge is -2.09. The maximum absolute atomic E-state index is 12.0. The van der Waals surface area contributed by atoms with Crippen LogP contribution in [0.3, 0.4) is 0 Å². The average Bonchev–Trinajstić information content (AvgIpc) is 2.71. The zero-order valence-corrected chi connectivity index (χ0v) is 11.5. The van der Waals surface area contributed by atoms with Crippen molar-refractivity contribution in [2.45, 2.75) is 38.9 Å². The second kappa shape index (κ2) is 6.85. The van der Waals surface area contributed by atoms with E-state index in [9.17, 15) is 18.0 Å². The summed E-state index contributed by atoms with van der Waals surface area (Å²) >= 11 is 1.12. The molecule has 0 aliphatic heterocycles. The van der Waals surface area contributed by atoms with Gasteiger partial charge in [0.25, 0.3) is 0 Å². The van der Waals surface area contributed by atoms with Gasteiger partial charge in [0.2, 0.25) is 5.91 Å². The van der Waals surface area contributed by atoms with Crippen molar-refractivity contribution in [3.05, 3.63) is 11.1 Å². The Bertz CT molecular complexity index is 420. The molecule has 0 aliphatic rings. The molecule has 1 atom stereocenters. The Kier molecular flexibility index (Phi) is 5.74. The van der Waals surface area contributed by atoms with Crippen molar-refractivity contribution in [1.82, 2.24) is 10.3 Å². The molecule has 1 aromatic heterocycles. The summed E-state index contributed by atoms with van der Waals surface area (Å²) in [5.74, 6) is -1.09.